The number of carbonyl (C=O) groups excluding carboxylic acids is 1. The summed E-state index contributed by atoms with van der Waals surface area (Å²) >= 11 is 0. The van der Waals surface area contributed by atoms with Gasteiger partial charge in [-0.25, -0.2) is 0 Å². The Labute approximate surface area is 145 Å². The lowest BCUT2D eigenvalue weighted by atomic mass is 9.84. The van der Waals surface area contributed by atoms with E-state index in [1.54, 1.807) is 18.3 Å². The van der Waals surface area contributed by atoms with Crippen molar-refractivity contribution in [3.8, 4) is 0 Å². The van der Waals surface area contributed by atoms with Gasteiger partial charge in [0.1, 0.15) is 6.04 Å². The number of primary amides is 1. The number of aromatic nitrogens is 1. The summed E-state index contributed by atoms with van der Waals surface area (Å²) in [6.07, 6.45) is 8.37. The molecule has 0 radical (unpaired) electrons. The molecule has 2 fully saturated rings. The van der Waals surface area contributed by atoms with Crippen molar-refractivity contribution < 1.29 is 9.72 Å². The summed E-state index contributed by atoms with van der Waals surface area (Å²) in [5, 5.41) is 12.6. The lowest BCUT2D eigenvalue weighted by Gasteiger charge is -2.35. The first kappa shape index (κ1) is 15.8. The third-order valence-electron chi connectivity index (χ3n) is 5.66. The van der Waals surface area contributed by atoms with Crippen molar-refractivity contribution in [3.63, 3.8) is 0 Å². The Bertz CT molecular complexity index is 853. The number of nitro benzene ring substituents is 1. The summed E-state index contributed by atoms with van der Waals surface area (Å²) in [4.78, 5) is 29.2. The lowest BCUT2D eigenvalue weighted by molar-refractivity contribution is -0.383. The van der Waals surface area contributed by atoms with E-state index in [1.807, 2.05) is 0 Å². The maximum Gasteiger partial charge on any atom is 0.278 e. The number of pyridine rings is 1. The first-order valence-electron chi connectivity index (χ1n) is 8.66. The zero-order valence-electron chi connectivity index (χ0n) is 13.8. The van der Waals surface area contributed by atoms with Crippen molar-refractivity contribution in [2.45, 2.75) is 44.2 Å². The fraction of sp³-hybridized carbons (Fsp3) is 0.444. The number of non-ortho nitro benzene ring substituents is 1. The fourth-order valence-corrected chi connectivity index (χ4v) is 4.60. The molecule has 0 spiro atoms. The largest absolute Gasteiger partial charge is 0.368 e. The van der Waals surface area contributed by atoms with Crippen molar-refractivity contribution in [2.75, 3.05) is 4.90 Å². The highest BCUT2D eigenvalue weighted by Crippen LogP contribution is 2.45. The van der Waals surface area contributed by atoms with E-state index >= 15 is 0 Å². The second kappa shape index (κ2) is 5.98. The Morgan fingerprint density at radius 1 is 1.24 bits per heavy atom. The molecule has 2 heterocycles. The van der Waals surface area contributed by atoms with Gasteiger partial charge < -0.3 is 10.6 Å². The van der Waals surface area contributed by atoms with Crippen LogP contribution < -0.4 is 10.6 Å². The van der Waals surface area contributed by atoms with Crippen molar-refractivity contribution in [3.05, 3.63) is 40.7 Å². The second-order valence-electron chi connectivity index (χ2n) is 6.96. The van der Waals surface area contributed by atoms with E-state index in [1.165, 1.54) is 18.7 Å². The minimum Gasteiger partial charge on any atom is -0.368 e. The maximum atomic E-state index is 12.1. The molecule has 2 N–H and O–H groups in total. The van der Waals surface area contributed by atoms with Gasteiger partial charge in [-0.15, -0.1) is 0 Å². The topological polar surface area (TPSA) is 102 Å². The van der Waals surface area contributed by atoms with Crippen molar-refractivity contribution >= 4 is 28.1 Å². The van der Waals surface area contributed by atoms with Gasteiger partial charge in [0.25, 0.3) is 5.69 Å². The summed E-state index contributed by atoms with van der Waals surface area (Å²) in [6.45, 7) is 0. The zero-order valence-corrected chi connectivity index (χ0v) is 13.8. The molecule has 1 aromatic heterocycles. The van der Waals surface area contributed by atoms with E-state index in [2.05, 4.69) is 9.88 Å². The number of amides is 1. The Morgan fingerprint density at radius 2 is 2.04 bits per heavy atom. The summed E-state index contributed by atoms with van der Waals surface area (Å²) in [7, 11) is 0. The molecule has 7 nitrogen and oxygen atoms in total. The van der Waals surface area contributed by atoms with Crippen LogP contribution in [0, 0.1) is 16.0 Å². The highest BCUT2D eigenvalue weighted by Gasteiger charge is 2.45. The molecule has 7 heteroatoms. The van der Waals surface area contributed by atoms with E-state index < -0.39 is 4.92 Å². The predicted octanol–water partition coefficient (Wildman–Crippen LogP) is 2.77. The number of rotatable bonds is 3. The van der Waals surface area contributed by atoms with Crippen LogP contribution in [0.2, 0.25) is 0 Å². The highest BCUT2D eigenvalue weighted by molar-refractivity contribution is 6.01. The average Bonchev–Trinajstić information content (AvgIpc) is 3.00. The van der Waals surface area contributed by atoms with Crippen molar-refractivity contribution in [1.29, 1.82) is 0 Å². The summed E-state index contributed by atoms with van der Waals surface area (Å²) in [5.74, 6) is 0.133. The Hall–Kier alpha value is -2.70. The van der Waals surface area contributed by atoms with Crippen LogP contribution in [-0.2, 0) is 4.79 Å². The fourth-order valence-electron chi connectivity index (χ4n) is 4.60. The van der Waals surface area contributed by atoms with Crippen LogP contribution in [0.25, 0.3) is 10.8 Å². The van der Waals surface area contributed by atoms with E-state index in [9.17, 15) is 14.9 Å². The second-order valence-corrected chi connectivity index (χ2v) is 6.96. The number of benzene rings is 1. The number of nitrogens with zero attached hydrogens (tertiary/aromatic N) is 3. The number of hydrogen-bond donors (Lipinski definition) is 1. The predicted molar refractivity (Wildman–Crippen MR) is 94.2 cm³/mol. The molecule has 25 heavy (non-hydrogen) atoms. The molecule has 1 aromatic carbocycles. The first-order valence-corrected chi connectivity index (χ1v) is 8.66. The number of nitro groups is 1. The quantitative estimate of drug-likeness (QED) is 0.683. The zero-order chi connectivity index (χ0) is 17.6. The SMILES string of the molecule is NC(=O)[C@@H]1C[C@H]2CCCC[C@@H]2N1c1ccc([N+](=O)[O-])c2cnccc12. The van der Waals surface area contributed by atoms with Gasteiger partial charge in [-0.1, -0.05) is 12.8 Å². The minimum atomic E-state index is -0.396. The molecule has 0 unspecified atom stereocenters. The number of hydrogen-bond acceptors (Lipinski definition) is 5. The van der Waals surface area contributed by atoms with Crippen LogP contribution in [0.4, 0.5) is 11.4 Å². The molecule has 3 atom stereocenters. The smallest absolute Gasteiger partial charge is 0.278 e. The molecule has 1 amide bonds. The van der Waals surface area contributed by atoms with Gasteiger partial charge in [0.15, 0.2) is 0 Å². The Balaban J connectivity index is 1.89. The van der Waals surface area contributed by atoms with Gasteiger partial charge in [0.2, 0.25) is 5.91 Å². The van der Waals surface area contributed by atoms with Crippen LogP contribution >= 0.6 is 0 Å². The van der Waals surface area contributed by atoms with Gasteiger partial charge in [0.05, 0.1) is 10.3 Å². The number of nitrogens with two attached hydrogens (primary N) is 1. The van der Waals surface area contributed by atoms with Crippen LogP contribution in [0.3, 0.4) is 0 Å². The summed E-state index contributed by atoms with van der Waals surface area (Å²) in [5.41, 5.74) is 6.58. The normalized spacial score (nSPS) is 25.8. The molecule has 4 rings (SSSR count). The van der Waals surface area contributed by atoms with Gasteiger partial charge >= 0.3 is 0 Å². The van der Waals surface area contributed by atoms with Gasteiger partial charge in [-0.05, 0) is 37.3 Å². The lowest BCUT2D eigenvalue weighted by Crippen LogP contribution is -2.45. The number of anilines is 1. The monoisotopic (exact) mass is 340 g/mol. The maximum absolute atomic E-state index is 12.1. The van der Waals surface area contributed by atoms with E-state index in [0.29, 0.717) is 11.3 Å². The Kier molecular flexibility index (Phi) is 3.78. The summed E-state index contributed by atoms with van der Waals surface area (Å²) < 4.78 is 0. The van der Waals surface area contributed by atoms with Crippen LogP contribution in [0.5, 0.6) is 0 Å². The van der Waals surface area contributed by atoms with Gasteiger partial charge in [0, 0.05) is 35.6 Å². The van der Waals surface area contributed by atoms with E-state index in [0.717, 1.165) is 36.8 Å². The van der Waals surface area contributed by atoms with Crippen molar-refractivity contribution in [2.24, 2.45) is 11.7 Å². The molecule has 2 aromatic rings. The molecule has 1 saturated carbocycles. The molecule has 1 saturated heterocycles. The third-order valence-corrected chi connectivity index (χ3v) is 5.66. The molecule has 2 aliphatic rings. The minimum absolute atomic E-state index is 0.0295. The molecule has 0 bridgehead atoms. The molecule has 130 valence electrons. The summed E-state index contributed by atoms with van der Waals surface area (Å²) in [6, 6.07) is 4.96. The Morgan fingerprint density at radius 3 is 2.80 bits per heavy atom. The van der Waals surface area contributed by atoms with Crippen LogP contribution in [-0.4, -0.2) is 27.9 Å². The molecular formula is C18H20N4O3. The van der Waals surface area contributed by atoms with E-state index in [-0.39, 0.29) is 23.7 Å². The van der Waals surface area contributed by atoms with Gasteiger partial charge in [-0.3, -0.25) is 19.9 Å². The standard InChI is InChI=1S/C18H20N4O3/c19-18(23)17-9-11-3-1-2-4-14(11)21(17)15-5-6-16(22(24)25)13-10-20-8-7-12(13)15/h5-8,10-11,14,17H,1-4,9H2,(H2,19,23)/t11-,14+,17+/m1/s1. The molecule has 1 aliphatic heterocycles. The first-order chi connectivity index (χ1) is 12.1. The van der Waals surface area contributed by atoms with Crippen LogP contribution in [0.1, 0.15) is 32.1 Å². The number of carbonyl (C=O) groups is 1. The number of fused-ring (bicyclic) bond motifs is 2. The van der Waals surface area contributed by atoms with Crippen molar-refractivity contribution in [1.82, 2.24) is 4.98 Å². The van der Waals surface area contributed by atoms with E-state index in [4.69, 9.17) is 5.73 Å². The van der Waals surface area contributed by atoms with Gasteiger partial charge in [-0.2, -0.15) is 0 Å². The molecule has 1 aliphatic carbocycles. The average molecular weight is 340 g/mol. The highest BCUT2D eigenvalue weighted by atomic mass is 16.6. The molecular weight excluding hydrogens is 320 g/mol. The van der Waals surface area contributed by atoms with Crippen LogP contribution in [0.15, 0.2) is 30.6 Å². The third kappa shape index (κ3) is 2.50.